The van der Waals surface area contributed by atoms with Gasteiger partial charge in [-0.05, 0) is 30.3 Å². The number of benzene rings is 1. The summed E-state index contributed by atoms with van der Waals surface area (Å²) in [5.74, 6) is -0.145. The summed E-state index contributed by atoms with van der Waals surface area (Å²) in [5.41, 5.74) is 1.59. The number of fused-ring (bicyclic) bond motifs is 1. The Morgan fingerprint density at radius 2 is 2.12 bits per heavy atom. The lowest BCUT2D eigenvalue weighted by atomic mass is 10.3. The van der Waals surface area contributed by atoms with E-state index in [0.29, 0.717) is 34.3 Å². The fourth-order valence-electron chi connectivity index (χ4n) is 2.39. The van der Waals surface area contributed by atoms with Gasteiger partial charge >= 0.3 is 12.0 Å². The molecule has 0 saturated heterocycles. The van der Waals surface area contributed by atoms with E-state index in [1.165, 1.54) is 42.1 Å². The van der Waals surface area contributed by atoms with E-state index < -0.39 is 22.8 Å². The summed E-state index contributed by atoms with van der Waals surface area (Å²) in [6, 6.07) is 7.57. The number of hydrogen-bond acceptors (Lipinski definition) is 9. The predicted octanol–water partition coefficient (Wildman–Crippen LogP) is 3.99. The van der Waals surface area contributed by atoms with E-state index in [1.54, 1.807) is 18.2 Å². The van der Waals surface area contributed by atoms with Crippen molar-refractivity contribution < 1.29 is 28.1 Å². The van der Waals surface area contributed by atoms with Crippen LogP contribution in [-0.4, -0.2) is 40.8 Å². The minimum Gasteiger partial charge on any atom is -0.445 e. The molecule has 0 atom stereocenters. The van der Waals surface area contributed by atoms with Crippen LogP contribution in [0.3, 0.4) is 0 Å². The molecule has 12 heteroatoms. The van der Waals surface area contributed by atoms with Crippen LogP contribution in [0.1, 0.15) is 5.76 Å². The monoisotopic (exact) mass is 458 g/mol. The van der Waals surface area contributed by atoms with Gasteiger partial charge in [0.15, 0.2) is 5.58 Å². The SMILES string of the molecule is C=CCOC(=O)NCCSc1nc2cc(NC(=O)/C=C/c3ccc([N+](=O)[O-])o3)ccc2o1. The normalized spacial score (nSPS) is 10.9. The lowest BCUT2D eigenvalue weighted by Crippen LogP contribution is -2.26. The maximum absolute atomic E-state index is 12.1. The molecule has 11 nitrogen and oxygen atoms in total. The molecule has 2 amide bonds. The molecule has 0 saturated carbocycles. The average Bonchev–Trinajstić information content (AvgIpc) is 3.40. The Kier molecular flexibility index (Phi) is 7.65. The number of hydrogen-bond donors (Lipinski definition) is 2. The van der Waals surface area contributed by atoms with Crippen molar-refractivity contribution in [2.75, 3.05) is 24.2 Å². The number of ether oxygens (including phenoxy) is 1. The van der Waals surface area contributed by atoms with Crippen LogP contribution in [0.2, 0.25) is 0 Å². The maximum atomic E-state index is 12.1. The number of aromatic nitrogens is 1. The van der Waals surface area contributed by atoms with Gasteiger partial charge in [-0.2, -0.15) is 0 Å². The van der Waals surface area contributed by atoms with Crippen molar-refractivity contribution in [2.45, 2.75) is 5.22 Å². The summed E-state index contributed by atoms with van der Waals surface area (Å²) in [6.07, 6.45) is 3.48. The molecular weight excluding hydrogens is 440 g/mol. The Hall–Kier alpha value is -4.06. The quantitative estimate of drug-likeness (QED) is 0.115. The maximum Gasteiger partial charge on any atom is 0.433 e. The molecule has 3 aromatic rings. The summed E-state index contributed by atoms with van der Waals surface area (Å²) in [6.45, 7) is 3.97. The van der Waals surface area contributed by atoms with Gasteiger partial charge in [0.25, 0.3) is 5.22 Å². The number of carbonyl (C=O) groups excluding carboxylic acids is 2. The van der Waals surface area contributed by atoms with E-state index in [4.69, 9.17) is 13.6 Å². The molecule has 0 radical (unpaired) electrons. The number of nitrogens with one attached hydrogen (secondary N) is 2. The molecule has 32 heavy (non-hydrogen) atoms. The van der Waals surface area contributed by atoms with Crippen molar-refractivity contribution in [3.05, 3.63) is 64.9 Å². The Balaban J connectivity index is 1.52. The fourth-order valence-corrected chi connectivity index (χ4v) is 3.08. The van der Waals surface area contributed by atoms with Gasteiger partial charge in [-0.15, -0.1) is 0 Å². The third-order valence-electron chi connectivity index (χ3n) is 3.76. The van der Waals surface area contributed by atoms with Crippen molar-refractivity contribution in [2.24, 2.45) is 0 Å². The van der Waals surface area contributed by atoms with Crippen molar-refractivity contribution in [1.82, 2.24) is 10.3 Å². The number of oxazole rings is 1. The minimum absolute atomic E-state index is 0.143. The minimum atomic E-state index is -0.661. The highest BCUT2D eigenvalue weighted by Gasteiger charge is 2.11. The van der Waals surface area contributed by atoms with E-state index in [-0.39, 0.29) is 12.4 Å². The zero-order chi connectivity index (χ0) is 22.9. The molecule has 2 N–H and O–H groups in total. The molecule has 166 valence electrons. The fraction of sp³-hybridized carbons (Fsp3) is 0.150. The first kappa shape index (κ1) is 22.6. The summed E-state index contributed by atoms with van der Waals surface area (Å²) in [5, 5.41) is 16.3. The van der Waals surface area contributed by atoms with Gasteiger partial charge in [-0.25, -0.2) is 9.78 Å². The van der Waals surface area contributed by atoms with E-state index in [2.05, 4.69) is 22.2 Å². The van der Waals surface area contributed by atoms with Gasteiger partial charge < -0.3 is 24.2 Å². The Labute approximate surface area is 185 Å². The summed E-state index contributed by atoms with van der Waals surface area (Å²) in [7, 11) is 0. The molecule has 0 unspecified atom stereocenters. The van der Waals surface area contributed by atoms with Gasteiger partial charge in [-0.3, -0.25) is 14.9 Å². The molecule has 0 aliphatic carbocycles. The van der Waals surface area contributed by atoms with Crippen molar-refractivity contribution in [3.63, 3.8) is 0 Å². The Bertz CT molecular complexity index is 1170. The first-order valence-electron chi connectivity index (χ1n) is 9.23. The Morgan fingerprint density at radius 1 is 1.28 bits per heavy atom. The molecule has 2 aromatic heterocycles. The zero-order valence-electron chi connectivity index (χ0n) is 16.6. The van der Waals surface area contributed by atoms with Crippen LogP contribution in [0.15, 0.2) is 63.1 Å². The van der Waals surface area contributed by atoms with Crippen LogP contribution >= 0.6 is 11.8 Å². The summed E-state index contributed by atoms with van der Waals surface area (Å²) >= 11 is 1.32. The van der Waals surface area contributed by atoms with Gasteiger partial charge in [-0.1, -0.05) is 24.4 Å². The molecule has 0 aliphatic rings. The topological polar surface area (TPSA) is 150 Å². The van der Waals surface area contributed by atoms with Crippen LogP contribution < -0.4 is 10.6 Å². The van der Waals surface area contributed by atoms with Crippen molar-refractivity contribution in [3.8, 4) is 0 Å². The van der Waals surface area contributed by atoms with Crippen LogP contribution in [0.4, 0.5) is 16.4 Å². The van der Waals surface area contributed by atoms with Crippen molar-refractivity contribution >= 4 is 52.5 Å². The zero-order valence-corrected chi connectivity index (χ0v) is 17.4. The highest BCUT2D eigenvalue weighted by Crippen LogP contribution is 2.25. The molecule has 0 bridgehead atoms. The Morgan fingerprint density at radius 3 is 2.88 bits per heavy atom. The van der Waals surface area contributed by atoms with Crippen LogP contribution in [-0.2, 0) is 9.53 Å². The van der Waals surface area contributed by atoms with Crippen molar-refractivity contribution in [1.29, 1.82) is 0 Å². The molecule has 3 rings (SSSR count). The van der Waals surface area contributed by atoms with E-state index in [1.807, 2.05) is 0 Å². The molecular formula is C20H18N4O7S. The second-order valence-electron chi connectivity index (χ2n) is 6.08. The van der Waals surface area contributed by atoms with Gasteiger partial charge in [0, 0.05) is 24.1 Å². The molecule has 0 spiro atoms. The lowest BCUT2D eigenvalue weighted by Gasteiger charge is -2.03. The van der Waals surface area contributed by atoms with Gasteiger partial charge in [0.2, 0.25) is 5.91 Å². The van der Waals surface area contributed by atoms with Crippen LogP contribution in [0, 0.1) is 10.1 Å². The second kappa shape index (κ2) is 10.8. The smallest absolute Gasteiger partial charge is 0.433 e. The number of furan rings is 1. The molecule has 2 heterocycles. The highest BCUT2D eigenvalue weighted by molar-refractivity contribution is 7.99. The first-order chi connectivity index (χ1) is 15.4. The number of alkyl carbamates (subject to hydrolysis) is 1. The summed E-state index contributed by atoms with van der Waals surface area (Å²) in [4.78, 5) is 37.7. The lowest BCUT2D eigenvalue weighted by molar-refractivity contribution is -0.402. The molecule has 1 aromatic carbocycles. The standard InChI is InChI=1S/C20H18N4O7S/c1-2-10-29-19(26)21-9-11-32-20-23-15-12-13(3-6-16(15)31-20)22-17(25)7-4-14-5-8-18(30-14)24(27)28/h2-8,12H,1,9-11H2,(H,21,26)(H,22,25)/b7-4+. The number of carbonyl (C=O) groups is 2. The molecule has 0 fully saturated rings. The summed E-state index contributed by atoms with van der Waals surface area (Å²) < 4.78 is 15.4. The number of amides is 2. The number of nitro groups is 1. The number of thioether (sulfide) groups is 1. The average molecular weight is 458 g/mol. The van der Waals surface area contributed by atoms with E-state index in [9.17, 15) is 19.7 Å². The number of nitrogens with zero attached hydrogens (tertiary/aromatic N) is 2. The number of anilines is 1. The second-order valence-corrected chi connectivity index (χ2v) is 7.13. The third kappa shape index (κ3) is 6.47. The van der Waals surface area contributed by atoms with Crippen LogP contribution in [0.5, 0.6) is 0 Å². The number of rotatable bonds is 10. The first-order valence-corrected chi connectivity index (χ1v) is 10.2. The molecule has 0 aliphatic heterocycles. The van der Waals surface area contributed by atoms with Gasteiger partial charge in [0.1, 0.15) is 22.8 Å². The predicted molar refractivity (Wildman–Crippen MR) is 117 cm³/mol. The largest absolute Gasteiger partial charge is 0.445 e. The van der Waals surface area contributed by atoms with E-state index in [0.717, 1.165) is 0 Å². The van der Waals surface area contributed by atoms with Crippen LogP contribution in [0.25, 0.3) is 17.2 Å². The highest BCUT2D eigenvalue weighted by atomic mass is 32.2. The van der Waals surface area contributed by atoms with Gasteiger partial charge in [0.05, 0.1) is 6.07 Å². The third-order valence-corrected chi connectivity index (χ3v) is 4.59. The van der Waals surface area contributed by atoms with E-state index >= 15 is 0 Å².